The van der Waals surface area contributed by atoms with Crippen LogP contribution in [0, 0.1) is 0 Å². The summed E-state index contributed by atoms with van der Waals surface area (Å²) in [4.78, 5) is 12.8. The van der Waals surface area contributed by atoms with Gasteiger partial charge in [0.1, 0.15) is 5.25 Å². The summed E-state index contributed by atoms with van der Waals surface area (Å²) in [5, 5.41) is -0.851. The summed E-state index contributed by atoms with van der Waals surface area (Å²) in [5.41, 5.74) is 5.44. The van der Waals surface area contributed by atoms with Gasteiger partial charge in [0.05, 0.1) is 4.99 Å². The van der Waals surface area contributed by atoms with E-state index in [1.165, 1.54) is 4.90 Å². The number of nitrogens with one attached hydrogen (secondary N) is 1. The monoisotopic (exact) mass is 293 g/mol. The number of rotatable bonds is 5. The van der Waals surface area contributed by atoms with Crippen molar-refractivity contribution < 1.29 is 13.2 Å². The maximum Gasteiger partial charge on any atom is 0.222 e. The fraction of sp³-hybridized carbons (Fsp3) is 0.800. The van der Waals surface area contributed by atoms with Crippen LogP contribution in [0.5, 0.6) is 0 Å². The molecule has 18 heavy (non-hydrogen) atoms. The van der Waals surface area contributed by atoms with Crippen LogP contribution in [0.3, 0.4) is 0 Å². The molecule has 0 spiro atoms. The molecule has 1 rings (SSSR count). The van der Waals surface area contributed by atoms with Crippen molar-refractivity contribution in [3.05, 3.63) is 0 Å². The van der Waals surface area contributed by atoms with Gasteiger partial charge in [-0.1, -0.05) is 19.1 Å². The molecule has 3 N–H and O–H groups in total. The van der Waals surface area contributed by atoms with Gasteiger partial charge in [-0.2, -0.15) is 0 Å². The van der Waals surface area contributed by atoms with E-state index in [0.29, 0.717) is 25.8 Å². The Hall–Kier alpha value is -0.730. The number of hydrogen-bond donors (Lipinski definition) is 2. The molecule has 8 heteroatoms. The highest BCUT2D eigenvalue weighted by atomic mass is 32.2. The molecule has 6 nitrogen and oxygen atoms in total. The Kier molecular flexibility index (Phi) is 5.06. The number of nitrogens with two attached hydrogens (primary N) is 1. The summed E-state index contributed by atoms with van der Waals surface area (Å²) < 4.78 is 26.7. The first-order valence-electron chi connectivity index (χ1n) is 5.82. The second-order valence-electron chi connectivity index (χ2n) is 4.47. The Bertz CT molecular complexity index is 436. The first kappa shape index (κ1) is 15.3. The maximum atomic E-state index is 12.1. The zero-order valence-electron chi connectivity index (χ0n) is 10.5. The summed E-state index contributed by atoms with van der Waals surface area (Å²) in [5.74, 6) is 0.0341. The van der Waals surface area contributed by atoms with Gasteiger partial charge in [-0.15, -0.1) is 0 Å². The molecule has 1 saturated heterocycles. The van der Waals surface area contributed by atoms with Gasteiger partial charge in [0.15, 0.2) is 0 Å². The summed E-state index contributed by atoms with van der Waals surface area (Å²) in [7, 11) is -1.91. The molecule has 0 radical (unpaired) electrons. The molecule has 1 amide bonds. The highest BCUT2D eigenvalue weighted by Crippen LogP contribution is 2.13. The summed E-state index contributed by atoms with van der Waals surface area (Å²) >= 11 is 4.77. The highest BCUT2D eigenvalue weighted by molar-refractivity contribution is 7.93. The van der Waals surface area contributed by atoms with E-state index < -0.39 is 15.3 Å². The van der Waals surface area contributed by atoms with Gasteiger partial charge in [0, 0.05) is 26.1 Å². The second kappa shape index (κ2) is 5.94. The smallest absolute Gasteiger partial charge is 0.222 e. The summed E-state index contributed by atoms with van der Waals surface area (Å²) in [6.45, 7) is 2.10. The first-order chi connectivity index (χ1) is 8.27. The van der Waals surface area contributed by atoms with Gasteiger partial charge in [0.2, 0.25) is 15.9 Å². The van der Waals surface area contributed by atoms with Gasteiger partial charge in [-0.05, 0) is 12.8 Å². The van der Waals surface area contributed by atoms with Gasteiger partial charge < -0.3 is 10.6 Å². The Morgan fingerprint density at radius 2 is 2.28 bits per heavy atom. The Morgan fingerprint density at radius 1 is 1.67 bits per heavy atom. The molecule has 0 aliphatic carbocycles. The summed E-state index contributed by atoms with van der Waals surface area (Å²) in [6, 6.07) is -0.263. The lowest BCUT2D eigenvalue weighted by Crippen LogP contribution is -2.52. The molecule has 104 valence electrons. The fourth-order valence-electron chi connectivity index (χ4n) is 2.00. The third-order valence-electron chi connectivity index (χ3n) is 3.02. The largest absolute Gasteiger partial charge is 0.392 e. The lowest BCUT2D eigenvalue weighted by Gasteiger charge is -2.31. The van der Waals surface area contributed by atoms with Crippen LogP contribution in [0.25, 0.3) is 0 Å². The van der Waals surface area contributed by atoms with Crippen LogP contribution >= 0.6 is 12.2 Å². The Labute approximate surface area is 113 Å². The Morgan fingerprint density at radius 3 is 2.72 bits per heavy atom. The van der Waals surface area contributed by atoms with Gasteiger partial charge in [-0.3, -0.25) is 4.79 Å². The predicted molar refractivity (Wildman–Crippen MR) is 73.6 cm³/mol. The molecule has 2 atom stereocenters. The van der Waals surface area contributed by atoms with E-state index in [4.69, 9.17) is 18.0 Å². The van der Waals surface area contributed by atoms with E-state index in [9.17, 15) is 13.2 Å². The number of likely N-dealkylation sites (N-methyl/N-ethyl adjacent to an activating group) is 1. The molecular weight excluding hydrogens is 274 g/mol. The van der Waals surface area contributed by atoms with Crippen molar-refractivity contribution >= 4 is 33.1 Å². The van der Waals surface area contributed by atoms with Crippen molar-refractivity contribution in [2.75, 3.05) is 13.6 Å². The molecule has 2 unspecified atom stereocenters. The Balaban J connectivity index is 2.72. The third kappa shape index (κ3) is 3.63. The van der Waals surface area contributed by atoms with Crippen LogP contribution in [-0.2, 0) is 14.8 Å². The number of thiocarbonyl (C=S) groups is 1. The van der Waals surface area contributed by atoms with Crippen molar-refractivity contribution in [1.82, 2.24) is 9.62 Å². The molecule has 0 aromatic carbocycles. The van der Waals surface area contributed by atoms with Crippen LogP contribution in [0.4, 0.5) is 0 Å². The standard InChI is InChI=1S/C10H19N3O3S2/c1-3-8(10(11)17)18(15,16)12-7-4-5-9(14)13(2)6-7/h7-8,12H,3-6H2,1-2H3,(H2,11,17). The molecule has 1 aliphatic rings. The van der Waals surface area contributed by atoms with E-state index in [1.807, 2.05) is 0 Å². The van der Waals surface area contributed by atoms with E-state index in [2.05, 4.69) is 4.72 Å². The second-order valence-corrected chi connectivity index (χ2v) is 6.84. The van der Waals surface area contributed by atoms with Gasteiger partial charge >= 0.3 is 0 Å². The molecule has 0 bridgehead atoms. The molecule has 0 saturated carbocycles. The molecule has 0 aromatic heterocycles. The fourth-order valence-corrected chi connectivity index (χ4v) is 4.11. The summed E-state index contributed by atoms with van der Waals surface area (Å²) in [6.07, 6.45) is 1.20. The quantitative estimate of drug-likeness (QED) is 0.672. The number of nitrogens with zero attached hydrogens (tertiary/aromatic N) is 1. The van der Waals surface area contributed by atoms with Crippen molar-refractivity contribution in [2.24, 2.45) is 5.73 Å². The minimum absolute atomic E-state index is 0.0229. The van der Waals surface area contributed by atoms with E-state index >= 15 is 0 Å². The number of amides is 1. The van der Waals surface area contributed by atoms with Gasteiger partial charge in [-0.25, -0.2) is 13.1 Å². The van der Waals surface area contributed by atoms with Crippen molar-refractivity contribution in [1.29, 1.82) is 0 Å². The first-order valence-corrected chi connectivity index (χ1v) is 7.77. The van der Waals surface area contributed by atoms with E-state index in [1.54, 1.807) is 14.0 Å². The molecule has 1 heterocycles. The van der Waals surface area contributed by atoms with Crippen LogP contribution in [0.15, 0.2) is 0 Å². The highest BCUT2D eigenvalue weighted by Gasteiger charge is 2.31. The van der Waals surface area contributed by atoms with Crippen molar-refractivity contribution in [3.63, 3.8) is 0 Å². The number of carbonyl (C=O) groups excluding carboxylic acids is 1. The van der Waals surface area contributed by atoms with Crippen LogP contribution in [-0.4, -0.2) is 49.1 Å². The molecular formula is C10H19N3O3S2. The average molecular weight is 293 g/mol. The predicted octanol–water partition coefficient (Wildman–Crippen LogP) is -0.409. The number of likely N-dealkylation sites (tertiary alicyclic amines) is 1. The average Bonchev–Trinajstić information content (AvgIpc) is 2.22. The van der Waals surface area contributed by atoms with E-state index in [-0.39, 0.29) is 16.9 Å². The SMILES string of the molecule is CCC(C(N)=S)S(=O)(=O)NC1CCC(=O)N(C)C1. The van der Waals surface area contributed by atoms with Crippen LogP contribution < -0.4 is 10.5 Å². The number of carbonyl (C=O) groups is 1. The lowest BCUT2D eigenvalue weighted by molar-refractivity contribution is -0.132. The van der Waals surface area contributed by atoms with Crippen LogP contribution in [0.1, 0.15) is 26.2 Å². The van der Waals surface area contributed by atoms with Gasteiger partial charge in [0.25, 0.3) is 0 Å². The minimum Gasteiger partial charge on any atom is -0.392 e. The third-order valence-corrected chi connectivity index (χ3v) is 5.45. The number of hydrogen-bond acceptors (Lipinski definition) is 4. The topological polar surface area (TPSA) is 92.5 Å². The number of sulfonamides is 1. The zero-order chi connectivity index (χ0) is 13.9. The zero-order valence-corrected chi connectivity index (χ0v) is 12.2. The lowest BCUT2D eigenvalue weighted by atomic mass is 10.1. The van der Waals surface area contributed by atoms with Crippen molar-refractivity contribution in [2.45, 2.75) is 37.5 Å². The van der Waals surface area contributed by atoms with Crippen LogP contribution in [0.2, 0.25) is 0 Å². The van der Waals surface area contributed by atoms with Crippen molar-refractivity contribution in [3.8, 4) is 0 Å². The normalized spacial score (nSPS) is 22.9. The van der Waals surface area contributed by atoms with E-state index in [0.717, 1.165) is 0 Å². The minimum atomic E-state index is -3.57. The molecule has 0 aromatic rings. The number of piperidine rings is 1. The molecule has 1 fully saturated rings. The maximum absolute atomic E-state index is 12.1. The molecule has 1 aliphatic heterocycles.